The molecule has 2 unspecified atom stereocenters. The van der Waals surface area contributed by atoms with Gasteiger partial charge >= 0.3 is 0 Å². The molecule has 0 bridgehead atoms. The molecular weight excluding hydrogens is 203 g/mol. The Hall–Kier alpha value is -0.930. The first kappa shape index (κ1) is 11.6. The molecule has 1 aliphatic rings. The van der Waals surface area contributed by atoms with Crippen LogP contribution in [0.1, 0.15) is 25.3 Å². The molecule has 2 atom stereocenters. The Kier molecular flexibility index (Phi) is 3.91. The molecule has 0 aromatic heterocycles. The van der Waals surface area contributed by atoms with Gasteiger partial charge in [0.1, 0.15) is 5.82 Å². The zero-order valence-electron chi connectivity index (χ0n) is 9.67. The van der Waals surface area contributed by atoms with Gasteiger partial charge in [-0.2, -0.15) is 0 Å². The summed E-state index contributed by atoms with van der Waals surface area (Å²) in [5.41, 5.74) is 1.15. The van der Waals surface area contributed by atoms with Crippen molar-refractivity contribution in [3.8, 4) is 0 Å². The summed E-state index contributed by atoms with van der Waals surface area (Å²) in [5.74, 6) is -0.167. The van der Waals surface area contributed by atoms with Crippen molar-refractivity contribution in [2.75, 3.05) is 6.54 Å². The van der Waals surface area contributed by atoms with Gasteiger partial charge in [0.15, 0.2) is 0 Å². The van der Waals surface area contributed by atoms with Gasteiger partial charge in [-0.25, -0.2) is 4.39 Å². The Labute approximate surface area is 96.2 Å². The Morgan fingerprint density at radius 2 is 2.12 bits per heavy atom. The minimum absolute atomic E-state index is 0.167. The fourth-order valence-corrected chi connectivity index (χ4v) is 2.18. The largest absolute Gasteiger partial charge is 0.314 e. The molecule has 3 heteroatoms. The van der Waals surface area contributed by atoms with Crippen LogP contribution in [0, 0.1) is 5.82 Å². The van der Waals surface area contributed by atoms with E-state index < -0.39 is 0 Å². The Bertz CT molecular complexity index is 323. The monoisotopic (exact) mass is 222 g/mol. The molecule has 0 saturated carbocycles. The third kappa shape index (κ3) is 3.29. The van der Waals surface area contributed by atoms with Gasteiger partial charge < -0.3 is 10.6 Å². The topological polar surface area (TPSA) is 24.1 Å². The van der Waals surface area contributed by atoms with Crippen LogP contribution in [0.3, 0.4) is 0 Å². The van der Waals surface area contributed by atoms with Gasteiger partial charge in [0.2, 0.25) is 0 Å². The number of benzene rings is 1. The van der Waals surface area contributed by atoms with E-state index in [2.05, 4.69) is 17.6 Å². The van der Waals surface area contributed by atoms with Crippen molar-refractivity contribution in [2.24, 2.45) is 0 Å². The molecule has 1 aromatic rings. The highest BCUT2D eigenvalue weighted by Crippen LogP contribution is 2.09. The highest BCUT2D eigenvalue weighted by molar-refractivity contribution is 5.15. The molecule has 88 valence electrons. The van der Waals surface area contributed by atoms with Crippen molar-refractivity contribution in [2.45, 2.75) is 38.4 Å². The molecule has 1 aromatic carbocycles. The molecule has 2 N–H and O–H groups in total. The van der Waals surface area contributed by atoms with Crippen LogP contribution in [-0.2, 0) is 6.54 Å². The molecule has 0 radical (unpaired) electrons. The third-order valence-corrected chi connectivity index (χ3v) is 3.13. The SMILES string of the molecule is CC1CC(NCc2ccc(F)cc2)CCN1. The van der Waals surface area contributed by atoms with Crippen molar-refractivity contribution >= 4 is 0 Å². The predicted molar refractivity (Wildman–Crippen MR) is 63.7 cm³/mol. The minimum atomic E-state index is -0.167. The van der Waals surface area contributed by atoms with E-state index in [1.54, 1.807) is 0 Å². The summed E-state index contributed by atoms with van der Waals surface area (Å²) in [6.45, 7) is 4.13. The minimum Gasteiger partial charge on any atom is -0.314 e. The molecular formula is C13H19FN2. The summed E-state index contributed by atoms with van der Waals surface area (Å²) in [7, 11) is 0. The summed E-state index contributed by atoms with van der Waals surface area (Å²) >= 11 is 0. The lowest BCUT2D eigenvalue weighted by atomic mass is 10.0. The normalized spacial score (nSPS) is 25.6. The van der Waals surface area contributed by atoms with Crippen LogP contribution in [0.5, 0.6) is 0 Å². The van der Waals surface area contributed by atoms with Crippen LogP contribution >= 0.6 is 0 Å². The number of hydrogen-bond donors (Lipinski definition) is 2. The highest BCUT2D eigenvalue weighted by atomic mass is 19.1. The molecule has 2 rings (SSSR count). The lowest BCUT2D eigenvalue weighted by Gasteiger charge is -2.28. The van der Waals surface area contributed by atoms with Gasteiger partial charge in [-0.15, -0.1) is 0 Å². The van der Waals surface area contributed by atoms with Gasteiger partial charge in [0, 0.05) is 18.6 Å². The average Bonchev–Trinajstić information content (AvgIpc) is 2.28. The van der Waals surface area contributed by atoms with Gasteiger partial charge in [-0.3, -0.25) is 0 Å². The van der Waals surface area contributed by atoms with Crippen LogP contribution in [-0.4, -0.2) is 18.6 Å². The van der Waals surface area contributed by atoms with E-state index in [0.717, 1.165) is 18.7 Å². The molecule has 2 nitrogen and oxygen atoms in total. The third-order valence-electron chi connectivity index (χ3n) is 3.13. The Morgan fingerprint density at radius 1 is 1.38 bits per heavy atom. The van der Waals surface area contributed by atoms with E-state index in [1.165, 1.54) is 25.0 Å². The summed E-state index contributed by atoms with van der Waals surface area (Å²) in [6, 6.07) is 7.89. The zero-order chi connectivity index (χ0) is 11.4. The first-order chi connectivity index (χ1) is 7.74. The summed E-state index contributed by atoms with van der Waals surface area (Å²) in [4.78, 5) is 0. The zero-order valence-corrected chi connectivity index (χ0v) is 9.67. The Morgan fingerprint density at radius 3 is 2.81 bits per heavy atom. The molecule has 0 spiro atoms. The van der Waals surface area contributed by atoms with E-state index >= 15 is 0 Å². The Balaban J connectivity index is 1.80. The van der Waals surface area contributed by atoms with Crippen LogP contribution in [0.15, 0.2) is 24.3 Å². The molecule has 0 aliphatic carbocycles. The van der Waals surface area contributed by atoms with E-state index in [-0.39, 0.29) is 5.82 Å². The predicted octanol–water partition coefficient (Wildman–Crippen LogP) is 2.06. The summed E-state index contributed by atoms with van der Waals surface area (Å²) in [6.07, 6.45) is 2.34. The number of piperidine rings is 1. The van der Waals surface area contributed by atoms with Crippen LogP contribution < -0.4 is 10.6 Å². The smallest absolute Gasteiger partial charge is 0.123 e. The van der Waals surface area contributed by atoms with Crippen molar-refractivity contribution in [3.63, 3.8) is 0 Å². The first-order valence-corrected chi connectivity index (χ1v) is 5.95. The quantitative estimate of drug-likeness (QED) is 0.818. The number of nitrogens with one attached hydrogen (secondary N) is 2. The number of hydrogen-bond acceptors (Lipinski definition) is 2. The fraction of sp³-hybridized carbons (Fsp3) is 0.538. The second-order valence-electron chi connectivity index (χ2n) is 4.58. The maximum absolute atomic E-state index is 12.7. The van der Waals surface area contributed by atoms with Crippen molar-refractivity contribution in [1.82, 2.24) is 10.6 Å². The van der Waals surface area contributed by atoms with E-state index in [0.29, 0.717) is 12.1 Å². The maximum atomic E-state index is 12.7. The van der Waals surface area contributed by atoms with Gasteiger partial charge in [0.25, 0.3) is 0 Å². The van der Waals surface area contributed by atoms with Gasteiger partial charge in [-0.1, -0.05) is 12.1 Å². The fourth-order valence-electron chi connectivity index (χ4n) is 2.18. The lowest BCUT2D eigenvalue weighted by Crippen LogP contribution is -2.44. The van der Waals surface area contributed by atoms with Gasteiger partial charge in [0.05, 0.1) is 0 Å². The average molecular weight is 222 g/mol. The van der Waals surface area contributed by atoms with Crippen LogP contribution in [0.2, 0.25) is 0 Å². The summed E-state index contributed by atoms with van der Waals surface area (Å²) in [5, 5.41) is 6.95. The molecule has 16 heavy (non-hydrogen) atoms. The second kappa shape index (κ2) is 5.41. The van der Waals surface area contributed by atoms with E-state index in [9.17, 15) is 4.39 Å². The summed E-state index contributed by atoms with van der Waals surface area (Å²) < 4.78 is 12.7. The maximum Gasteiger partial charge on any atom is 0.123 e. The lowest BCUT2D eigenvalue weighted by molar-refractivity contribution is 0.331. The van der Waals surface area contributed by atoms with Crippen molar-refractivity contribution < 1.29 is 4.39 Å². The van der Waals surface area contributed by atoms with Crippen molar-refractivity contribution in [1.29, 1.82) is 0 Å². The molecule has 0 amide bonds. The highest BCUT2D eigenvalue weighted by Gasteiger charge is 2.17. The van der Waals surface area contributed by atoms with Gasteiger partial charge in [-0.05, 0) is 44.0 Å². The van der Waals surface area contributed by atoms with Crippen molar-refractivity contribution in [3.05, 3.63) is 35.6 Å². The second-order valence-corrected chi connectivity index (χ2v) is 4.58. The standard InChI is InChI=1S/C13H19FN2/c1-10-8-13(6-7-15-10)16-9-11-2-4-12(14)5-3-11/h2-5,10,13,15-16H,6-9H2,1H3. The van der Waals surface area contributed by atoms with Crippen LogP contribution in [0.25, 0.3) is 0 Å². The number of halogens is 1. The molecule has 1 aliphatic heterocycles. The molecule has 1 fully saturated rings. The molecule has 1 saturated heterocycles. The number of rotatable bonds is 3. The first-order valence-electron chi connectivity index (χ1n) is 5.95. The van der Waals surface area contributed by atoms with E-state index in [4.69, 9.17) is 0 Å². The van der Waals surface area contributed by atoms with E-state index in [1.807, 2.05) is 12.1 Å². The van der Waals surface area contributed by atoms with Crippen LogP contribution in [0.4, 0.5) is 4.39 Å². The molecule has 1 heterocycles.